The molecular formula is C17H17NO6. The minimum absolute atomic E-state index is 0.158. The van der Waals surface area contributed by atoms with Gasteiger partial charge in [0.05, 0.1) is 31.4 Å². The molecule has 0 saturated carbocycles. The van der Waals surface area contributed by atoms with Crippen LogP contribution in [-0.2, 0) is 19.1 Å². The number of fused-ring (bicyclic) bond motifs is 1. The molecule has 0 radical (unpaired) electrons. The molecule has 2 rings (SSSR count). The Labute approximate surface area is 138 Å². The fourth-order valence-corrected chi connectivity index (χ4v) is 2.63. The van der Waals surface area contributed by atoms with Crippen molar-refractivity contribution in [1.29, 1.82) is 0 Å². The van der Waals surface area contributed by atoms with Crippen LogP contribution in [0.1, 0.15) is 27.1 Å². The van der Waals surface area contributed by atoms with Gasteiger partial charge in [0.2, 0.25) is 0 Å². The van der Waals surface area contributed by atoms with Gasteiger partial charge in [-0.25, -0.2) is 0 Å². The van der Waals surface area contributed by atoms with E-state index in [0.29, 0.717) is 0 Å². The van der Waals surface area contributed by atoms with E-state index in [0.717, 1.165) is 19.1 Å². The Morgan fingerprint density at radius 1 is 1.08 bits per heavy atom. The van der Waals surface area contributed by atoms with E-state index in [1.807, 2.05) is 0 Å². The normalized spacial score (nSPS) is 14.4. The average molecular weight is 331 g/mol. The molecule has 2 amide bonds. The summed E-state index contributed by atoms with van der Waals surface area (Å²) in [4.78, 5) is 49.6. The molecule has 0 fully saturated rings. The first kappa shape index (κ1) is 17.4. The van der Waals surface area contributed by atoms with Crippen molar-refractivity contribution >= 4 is 23.8 Å². The van der Waals surface area contributed by atoms with Crippen molar-refractivity contribution in [3.63, 3.8) is 0 Å². The van der Waals surface area contributed by atoms with Gasteiger partial charge in [0.25, 0.3) is 11.8 Å². The quantitative estimate of drug-likeness (QED) is 0.337. The van der Waals surface area contributed by atoms with Gasteiger partial charge in [0, 0.05) is 0 Å². The highest BCUT2D eigenvalue weighted by molar-refractivity contribution is 6.21. The van der Waals surface area contributed by atoms with Crippen LogP contribution in [-0.4, -0.2) is 48.9 Å². The van der Waals surface area contributed by atoms with E-state index < -0.39 is 35.7 Å². The van der Waals surface area contributed by atoms with Crippen LogP contribution in [0.15, 0.2) is 36.9 Å². The first-order valence-electron chi connectivity index (χ1n) is 7.21. The maximum absolute atomic E-state index is 12.5. The number of hydrogen-bond acceptors (Lipinski definition) is 6. The zero-order valence-electron chi connectivity index (χ0n) is 13.4. The van der Waals surface area contributed by atoms with E-state index >= 15 is 0 Å². The molecule has 0 N–H and O–H groups in total. The zero-order valence-corrected chi connectivity index (χ0v) is 13.4. The van der Waals surface area contributed by atoms with Crippen LogP contribution in [0.3, 0.4) is 0 Å². The molecule has 1 aromatic carbocycles. The maximum atomic E-state index is 12.5. The third kappa shape index (κ3) is 2.92. The van der Waals surface area contributed by atoms with Crippen LogP contribution in [0.5, 0.6) is 0 Å². The molecule has 1 heterocycles. The number of carbonyl (C=O) groups excluding carboxylic acids is 4. The number of methoxy groups -OCH3 is 2. The average Bonchev–Trinajstić information content (AvgIpc) is 2.86. The summed E-state index contributed by atoms with van der Waals surface area (Å²) in [6.45, 7) is 3.61. The topological polar surface area (TPSA) is 90.0 Å². The molecule has 7 heteroatoms. The lowest BCUT2D eigenvalue weighted by molar-refractivity contribution is -0.159. The highest BCUT2D eigenvalue weighted by atomic mass is 16.5. The van der Waals surface area contributed by atoms with Crippen molar-refractivity contribution < 1.29 is 28.7 Å². The van der Waals surface area contributed by atoms with Gasteiger partial charge in [-0.1, -0.05) is 18.2 Å². The molecule has 1 atom stereocenters. The van der Waals surface area contributed by atoms with E-state index in [2.05, 4.69) is 16.1 Å². The van der Waals surface area contributed by atoms with Crippen LogP contribution < -0.4 is 0 Å². The van der Waals surface area contributed by atoms with Crippen LogP contribution in [0.2, 0.25) is 0 Å². The molecule has 7 nitrogen and oxygen atoms in total. The third-order valence-electron chi connectivity index (χ3n) is 3.88. The number of benzene rings is 1. The zero-order chi connectivity index (χ0) is 17.9. The smallest absolute Gasteiger partial charge is 0.320 e. The Morgan fingerprint density at radius 3 is 1.92 bits per heavy atom. The summed E-state index contributed by atoms with van der Waals surface area (Å²) in [5.41, 5.74) is 0.559. The molecule has 1 aliphatic heterocycles. The minimum Gasteiger partial charge on any atom is -0.468 e. The van der Waals surface area contributed by atoms with Gasteiger partial charge in [0.15, 0.2) is 5.92 Å². The van der Waals surface area contributed by atoms with Crippen molar-refractivity contribution in [2.24, 2.45) is 5.92 Å². The van der Waals surface area contributed by atoms with Crippen LogP contribution in [0.25, 0.3) is 0 Å². The Bertz CT molecular complexity index is 660. The van der Waals surface area contributed by atoms with Crippen molar-refractivity contribution in [2.75, 3.05) is 14.2 Å². The van der Waals surface area contributed by atoms with Crippen molar-refractivity contribution in [1.82, 2.24) is 4.90 Å². The van der Waals surface area contributed by atoms with Gasteiger partial charge in [-0.15, -0.1) is 6.58 Å². The van der Waals surface area contributed by atoms with Gasteiger partial charge in [-0.05, 0) is 18.6 Å². The molecule has 1 aliphatic rings. The monoisotopic (exact) mass is 331 g/mol. The predicted molar refractivity (Wildman–Crippen MR) is 83.1 cm³/mol. The highest BCUT2D eigenvalue weighted by Crippen LogP contribution is 2.27. The second-order valence-corrected chi connectivity index (χ2v) is 5.16. The summed E-state index contributed by atoms with van der Waals surface area (Å²) >= 11 is 0. The lowest BCUT2D eigenvalue weighted by atomic mass is 9.98. The number of imide groups is 1. The number of nitrogens with zero attached hydrogens (tertiary/aromatic N) is 1. The van der Waals surface area contributed by atoms with Crippen LogP contribution >= 0.6 is 0 Å². The fourth-order valence-electron chi connectivity index (χ4n) is 2.63. The second-order valence-electron chi connectivity index (χ2n) is 5.16. The molecular weight excluding hydrogens is 314 g/mol. The number of rotatable bonds is 6. The van der Waals surface area contributed by atoms with Gasteiger partial charge in [-0.3, -0.25) is 24.1 Å². The molecule has 24 heavy (non-hydrogen) atoms. The lowest BCUT2D eigenvalue weighted by Crippen LogP contribution is -2.42. The largest absolute Gasteiger partial charge is 0.468 e. The van der Waals surface area contributed by atoms with E-state index in [9.17, 15) is 19.2 Å². The molecule has 0 unspecified atom stereocenters. The van der Waals surface area contributed by atoms with Crippen molar-refractivity contribution in [2.45, 2.75) is 12.5 Å². The van der Waals surface area contributed by atoms with E-state index in [1.165, 1.54) is 6.08 Å². The second kappa shape index (κ2) is 7.08. The molecule has 1 aromatic rings. The summed E-state index contributed by atoms with van der Waals surface area (Å²) in [5, 5.41) is 0. The first-order chi connectivity index (χ1) is 11.5. The molecule has 0 saturated heterocycles. The molecule has 0 bridgehead atoms. The number of hydrogen-bond donors (Lipinski definition) is 0. The number of esters is 2. The number of ether oxygens (including phenoxy) is 2. The van der Waals surface area contributed by atoms with E-state index in [-0.39, 0.29) is 17.5 Å². The Balaban J connectivity index is 2.30. The van der Waals surface area contributed by atoms with Gasteiger partial charge in [-0.2, -0.15) is 0 Å². The summed E-state index contributed by atoms with van der Waals surface area (Å²) in [7, 11) is 2.28. The Morgan fingerprint density at radius 2 is 1.54 bits per heavy atom. The summed E-state index contributed by atoms with van der Waals surface area (Å²) in [6.07, 6.45) is 1.19. The fraction of sp³-hybridized carbons (Fsp3) is 0.294. The van der Waals surface area contributed by atoms with Crippen LogP contribution in [0, 0.1) is 5.92 Å². The van der Waals surface area contributed by atoms with Crippen LogP contribution in [0.4, 0.5) is 0 Å². The van der Waals surface area contributed by atoms with Crippen molar-refractivity contribution in [3.8, 4) is 0 Å². The number of carbonyl (C=O) groups is 4. The summed E-state index contributed by atoms with van der Waals surface area (Å²) < 4.78 is 9.19. The summed E-state index contributed by atoms with van der Waals surface area (Å²) in [5.74, 6) is -3.84. The van der Waals surface area contributed by atoms with Gasteiger partial charge >= 0.3 is 11.9 Å². The third-order valence-corrected chi connectivity index (χ3v) is 3.88. The van der Waals surface area contributed by atoms with E-state index in [1.54, 1.807) is 24.3 Å². The number of amides is 2. The standard InChI is InChI=1S/C17H17NO6/c1-4-10(9-13(16(21)23-2)17(22)24-3)18-14(19)11-7-5-6-8-12(11)15(18)20/h4-8,10,13H,1,9H2,2-3H3/t10-/m0/s1. The van der Waals surface area contributed by atoms with Crippen molar-refractivity contribution in [3.05, 3.63) is 48.0 Å². The van der Waals surface area contributed by atoms with Gasteiger partial charge < -0.3 is 9.47 Å². The molecule has 126 valence electrons. The van der Waals surface area contributed by atoms with E-state index in [4.69, 9.17) is 0 Å². The lowest BCUT2D eigenvalue weighted by Gasteiger charge is -2.25. The molecule has 0 aliphatic carbocycles. The highest BCUT2D eigenvalue weighted by Gasteiger charge is 2.41. The Kier molecular flexibility index (Phi) is 5.13. The SMILES string of the molecule is C=C[C@@H](CC(C(=O)OC)C(=O)OC)N1C(=O)c2ccccc2C1=O. The Hall–Kier alpha value is -2.96. The first-order valence-corrected chi connectivity index (χ1v) is 7.21. The molecule has 0 aromatic heterocycles. The predicted octanol–water partition coefficient (Wildman–Crippen LogP) is 1.19. The molecule has 0 spiro atoms. The summed E-state index contributed by atoms with van der Waals surface area (Å²) in [6, 6.07) is 5.56. The minimum atomic E-state index is -1.26. The maximum Gasteiger partial charge on any atom is 0.320 e. The van der Waals surface area contributed by atoms with Gasteiger partial charge in [0.1, 0.15) is 0 Å².